The molecule has 1 aromatic heterocycles. The van der Waals surface area contributed by atoms with Crippen molar-refractivity contribution in [2.75, 3.05) is 6.54 Å². The summed E-state index contributed by atoms with van der Waals surface area (Å²) < 4.78 is 1.82. The summed E-state index contributed by atoms with van der Waals surface area (Å²) in [5.74, 6) is 0.0989. The van der Waals surface area contributed by atoms with Crippen LogP contribution in [-0.4, -0.2) is 28.3 Å². The van der Waals surface area contributed by atoms with E-state index >= 15 is 0 Å². The van der Waals surface area contributed by atoms with Crippen LogP contribution >= 0.6 is 12.4 Å². The van der Waals surface area contributed by atoms with Gasteiger partial charge in [0.05, 0.1) is 11.9 Å². The first kappa shape index (κ1) is 16.5. The number of carbonyl (C=O) groups is 1. The van der Waals surface area contributed by atoms with E-state index < -0.39 is 0 Å². The van der Waals surface area contributed by atoms with Gasteiger partial charge < -0.3 is 10.6 Å². The van der Waals surface area contributed by atoms with Crippen LogP contribution in [0.25, 0.3) is 5.69 Å². The van der Waals surface area contributed by atoms with Crippen LogP contribution in [0.3, 0.4) is 0 Å². The quantitative estimate of drug-likeness (QED) is 0.886. The second-order valence-corrected chi connectivity index (χ2v) is 5.40. The number of nitrogens with zero attached hydrogens (tertiary/aromatic N) is 2. The number of carbonyl (C=O) groups excluding carboxylic acids is 1. The molecule has 1 atom stereocenters. The lowest BCUT2D eigenvalue weighted by atomic mass is 10.1. The first-order chi connectivity index (χ1) is 10.3. The summed E-state index contributed by atoms with van der Waals surface area (Å²) in [4.78, 5) is 11.9. The Labute approximate surface area is 136 Å². The molecular formula is C16H21ClN4O. The Bertz CT molecular complexity index is 593. The average molecular weight is 321 g/mol. The third-order valence-corrected chi connectivity index (χ3v) is 3.74. The number of benzene rings is 1. The molecule has 22 heavy (non-hydrogen) atoms. The maximum atomic E-state index is 11.9. The number of hydrogen-bond donors (Lipinski definition) is 2. The molecule has 1 amide bonds. The van der Waals surface area contributed by atoms with E-state index in [1.807, 2.05) is 41.2 Å². The van der Waals surface area contributed by atoms with Gasteiger partial charge in [0.2, 0.25) is 5.91 Å². The number of halogens is 1. The lowest BCUT2D eigenvalue weighted by Crippen LogP contribution is -2.31. The summed E-state index contributed by atoms with van der Waals surface area (Å²) in [6.07, 6.45) is 6.57. The third kappa shape index (κ3) is 4.32. The zero-order valence-electron chi connectivity index (χ0n) is 12.4. The topological polar surface area (TPSA) is 59.0 Å². The van der Waals surface area contributed by atoms with Crippen LogP contribution in [0.4, 0.5) is 0 Å². The van der Waals surface area contributed by atoms with Gasteiger partial charge in [0.25, 0.3) is 0 Å². The van der Waals surface area contributed by atoms with Crippen molar-refractivity contribution >= 4 is 18.3 Å². The van der Waals surface area contributed by atoms with Crippen LogP contribution < -0.4 is 10.6 Å². The molecular weight excluding hydrogens is 300 g/mol. The van der Waals surface area contributed by atoms with Gasteiger partial charge in [0.15, 0.2) is 0 Å². The van der Waals surface area contributed by atoms with Gasteiger partial charge in [-0.05, 0) is 31.5 Å². The van der Waals surface area contributed by atoms with E-state index in [-0.39, 0.29) is 18.3 Å². The van der Waals surface area contributed by atoms with E-state index in [9.17, 15) is 4.79 Å². The predicted octanol–water partition coefficient (Wildman–Crippen LogP) is 2.05. The molecule has 0 saturated carbocycles. The molecule has 0 radical (unpaired) electrons. The lowest BCUT2D eigenvalue weighted by Gasteiger charge is -2.09. The number of aromatic nitrogens is 2. The SMILES string of the molecule is Cl.O=C(CC1CCCN1)NCc1cnn(-c2ccccc2)c1. The van der Waals surface area contributed by atoms with E-state index in [1.54, 1.807) is 6.20 Å². The maximum Gasteiger partial charge on any atom is 0.221 e. The molecule has 2 aromatic rings. The molecule has 1 aliphatic heterocycles. The molecule has 5 nitrogen and oxygen atoms in total. The normalized spacial score (nSPS) is 17.0. The highest BCUT2D eigenvalue weighted by molar-refractivity contribution is 5.85. The lowest BCUT2D eigenvalue weighted by molar-refractivity contribution is -0.121. The van der Waals surface area contributed by atoms with Crippen molar-refractivity contribution in [3.05, 3.63) is 48.3 Å². The summed E-state index contributed by atoms with van der Waals surface area (Å²) in [5.41, 5.74) is 2.02. The van der Waals surface area contributed by atoms with Gasteiger partial charge in [-0.3, -0.25) is 4.79 Å². The highest BCUT2D eigenvalue weighted by Crippen LogP contribution is 2.09. The molecule has 0 aliphatic carbocycles. The Kier molecular flexibility index (Phi) is 5.98. The molecule has 1 aromatic carbocycles. The van der Waals surface area contributed by atoms with Crippen molar-refractivity contribution < 1.29 is 4.79 Å². The number of para-hydroxylation sites is 1. The minimum Gasteiger partial charge on any atom is -0.352 e. The highest BCUT2D eigenvalue weighted by atomic mass is 35.5. The van der Waals surface area contributed by atoms with Gasteiger partial charge in [-0.25, -0.2) is 4.68 Å². The molecule has 6 heteroatoms. The fourth-order valence-electron chi connectivity index (χ4n) is 2.60. The second-order valence-electron chi connectivity index (χ2n) is 5.40. The van der Waals surface area contributed by atoms with Crippen molar-refractivity contribution in [1.29, 1.82) is 0 Å². The number of nitrogens with one attached hydrogen (secondary N) is 2. The molecule has 118 valence electrons. The summed E-state index contributed by atoms with van der Waals surface area (Å²) in [5, 5.41) is 10.6. The molecule has 0 bridgehead atoms. The summed E-state index contributed by atoms with van der Waals surface area (Å²) >= 11 is 0. The third-order valence-electron chi connectivity index (χ3n) is 3.74. The Morgan fingerprint density at radius 2 is 2.18 bits per heavy atom. The highest BCUT2D eigenvalue weighted by Gasteiger charge is 2.17. The van der Waals surface area contributed by atoms with Gasteiger partial charge in [-0.1, -0.05) is 18.2 Å². The number of rotatable bonds is 5. The van der Waals surface area contributed by atoms with Gasteiger partial charge in [0, 0.05) is 30.8 Å². The predicted molar refractivity (Wildman–Crippen MR) is 88.3 cm³/mol. The van der Waals surface area contributed by atoms with Gasteiger partial charge in [-0.15, -0.1) is 12.4 Å². The van der Waals surface area contributed by atoms with Crippen LogP contribution in [0.5, 0.6) is 0 Å². The van der Waals surface area contributed by atoms with E-state index in [0.717, 1.165) is 24.2 Å². The van der Waals surface area contributed by atoms with Crippen molar-refractivity contribution in [2.24, 2.45) is 0 Å². The van der Waals surface area contributed by atoms with Gasteiger partial charge in [0.1, 0.15) is 0 Å². The fraction of sp³-hybridized carbons (Fsp3) is 0.375. The zero-order chi connectivity index (χ0) is 14.5. The smallest absolute Gasteiger partial charge is 0.221 e. The standard InChI is InChI=1S/C16H20N4O.ClH/c21-16(9-14-5-4-8-17-14)18-10-13-11-19-20(12-13)15-6-2-1-3-7-15;/h1-3,6-7,11-12,14,17H,4-5,8-10H2,(H,18,21);1H. The molecule has 1 aliphatic rings. The van der Waals surface area contributed by atoms with E-state index in [0.29, 0.717) is 19.0 Å². The largest absolute Gasteiger partial charge is 0.352 e. The van der Waals surface area contributed by atoms with Crippen LogP contribution in [0, 0.1) is 0 Å². The number of hydrogen-bond acceptors (Lipinski definition) is 3. The van der Waals surface area contributed by atoms with Crippen molar-refractivity contribution in [2.45, 2.75) is 31.8 Å². The van der Waals surface area contributed by atoms with E-state index in [4.69, 9.17) is 0 Å². The fourth-order valence-corrected chi connectivity index (χ4v) is 2.60. The van der Waals surface area contributed by atoms with Gasteiger partial charge >= 0.3 is 0 Å². The Morgan fingerprint density at radius 1 is 1.36 bits per heavy atom. The molecule has 2 N–H and O–H groups in total. The number of amides is 1. The molecule has 2 heterocycles. The first-order valence-electron chi connectivity index (χ1n) is 7.40. The van der Waals surface area contributed by atoms with Crippen molar-refractivity contribution in [3.63, 3.8) is 0 Å². The Morgan fingerprint density at radius 3 is 2.91 bits per heavy atom. The average Bonchev–Trinajstić information content (AvgIpc) is 3.17. The monoisotopic (exact) mass is 320 g/mol. The molecule has 3 rings (SSSR count). The summed E-state index contributed by atoms with van der Waals surface area (Å²) in [6.45, 7) is 1.56. The van der Waals surface area contributed by atoms with Crippen LogP contribution in [0.15, 0.2) is 42.7 Å². The van der Waals surface area contributed by atoms with Crippen molar-refractivity contribution in [1.82, 2.24) is 20.4 Å². The van der Waals surface area contributed by atoms with Crippen LogP contribution in [0.1, 0.15) is 24.8 Å². The zero-order valence-corrected chi connectivity index (χ0v) is 13.2. The van der Waals surface area contributed by atoms with E-state index in [2.05, 4.69) is 15.7 Å². The van der Waals surface area contributed by atoms with Crippen LogP contribution in [0.2, 0.25) is 0 Å². The molecule has 1 saturated heterocycles. The molecule has 1 fully saturated rings. The van der Waals surface area contributed by atoms with Gasteiger partial charge in [-0.2, -0.15) is 5.10 Å². The Hall–Kier alpha value is -1.85. The van der Waals surface area contributed by atoms with Crippen LogP contribution in [-0.2, 0) is 11.3 Å². The summed E-state index contributed by atoms with van der Waals surface area (Å²) in [6, 6.07) is 10.3. The summed E-state index contributed by atoms with van der Waals surface area (Å²) in [7, 11) is 0. The van der Waals surface area contributed by atoms with Crippen molar-refractivity contribution in [3.8, 4) is 5.69 Å². The van der Waals surface area contributed by atoms with E-state index in [1.165, 1.54) is 6.42 Å². The Balaban J connectivity index is 0.00000176. The minimum absolute atomic E-state index is 0. The first-order valence-corrected chi connectivity index (χ1v) is 7.40. The second kappa shape index (κ2) is 7.96. The maximum absolute atomic E-state index is 11.9. The minimum atomic E-state index is 0. The molecule has 1 unspecified atom stereocenters. The molecule has 0 spiro atoms.